The molecule has 8 heteroatoms. The number of rotatable bonds is 6. The van der Waals surface area contributed by atoms with Gasteiger partial charge in [-0.05, 0) is 36.4 Å². The maximum atomic E-state index is 12.7. The average molecular weight is 436 g/mol. The minimum atomic E-state index is -0.443. The van der Waals surface area contributed by atoms with Crippen molar-refractivity contribution in [1.82, 2.24) is 5.32 Å². The molecule has 0 saturated carbocycles. The van der Waals surface area contributed by atoms with E-state index in [1.807, 2.05) is 21.7 Å². The Balaban J connectivity index is 1.46. The molecule has 1 aromatic heterocycles. The monoisotopic (exact) mass is 435 g/mol. The fraction of sp³-hybridized carbons (Fsp3) is 0.217. The van der Waals surface area contributed by atoms with Gasteiger partial charge in [0.1, 0.15) is 5.69 Å². The summed E-state index contributed by atoms with van der Waals surface area (Å²) < 4.78 is 0. The summed E-state index contributed by atoms with van der Waals surface area (Å²) in [5.41, 5.74) is 1.85. The van der Waals surface area contributed by atoms with Crippen LogP contribution in [0.2, 0.25) is 0 Å². The molecule has 0 spiro atoms. The Bertz CT molecular complexity index is 1090. The molecule has 1 saturated heterocycles. The van der Waals surface area contributed by atoms with Crippen LogP contribution in [-0.4, -0.2) is 35.7 Å². The molecule has 0 unspecified atom stereocenters. The third-order valence-electron chi connectivity index (χ3n) is 5.42. The van der Waals surface area contributed by atoms with Crippen molar-refractivity contribution in [2.75, 3.05) is 18.0 Å². The zero-order chi connectivity index (χ0) is 21.8. The quantitative estimate of drug-likeness (QED) is 0.354. The summed E-state index contributed by atoms with van der Waals surface area (Å²) >= 11 is 1.48. The maximum Gasteiger partial charge on any atom is 0.293 e. The van der Waals surface area contributed by atoms with Crippen LogP contribution in [0.5, 0.6) is 0 Å². The number of piperidine rings is 1. The van der Waals surface area contributed by atoms with Crippen LogP contribution >= 0.6 is 11.3 Å². The minimum Gasteiger partial charge on any atom is -0.366 e. The predicted octanol–water partition coefficient (Wildman–Crippen LogP) is 4.29. The lowest BCUT2D eigenvalue weighted by Gasteiger charge is -2.33. The highest BCUT2D eigenvalue weighted by Crippen LogP contribution is 2.32. The fourth-order valence-electron chi connectivity index (χ4n) is 3.76. The number of carbonyl (C=O) groups excluding carboxylic acids is 2. The first-order valence-corrected chi connectivity index (χ1v) is 10.9. The van der Waals surface area contributed by atoms with Crippen molar-refractivity contribution in [1.29, 1.82) is 0 Å². The number of nitrogens with one attached hydrogen (secondary N) is 1. The second-order valence-corrected chi connectivity index (χ2v) is 8.18. The van der Waals surface area contributed by atoms with Crippen molar-refractivity contribution in [3.63, 3.8) is 0 Å². The zero-order valence-corrected chi connectivity index (χ0v) is 17.5. The third-order valence-corrected chi connectivity index (χ3v) is 6.11. The first-order chi connectivity index (χ1) is 15.0. The zero-order valence-electron chi connectivity index (χ0n) is 16.7. The molecule has 1 aliphatic rings. The highest BCUT2D eigenvalue weighted by Gasteiger charge is 2.27. The summed E-state index contributed by atoms with van der Waals surface area (Å²) in [6.07, 6.45) is 1.38. The molecule has 2 heterocycles. The van der Waals surface area contributed by atoms with Crippen molar-refractivity contribution in [2.24, 2.45) is 0 Å². The first-order valence-electron chi connectivity index (χ1n) is 9.99. The molecule has 0 atom stereocenters. The van der Waals surface area contributed by atoms with Crippen molar-refractivity contribution in [3.05, 3.63) is 92.2 Å². The number of amides is 1. The molecule has 0 bridgehead atoms. The molecule has 0 aliphatic carbocycles. The van der Waals surface area contributed by atoms with Crippen LogP contribution < -0.4 is 10.2 Å². The van der Waals surface area contributed by atoms with E-state index in [1.54, 1.807) is 42.5 Å². The number of hydrogen-bond donors (Lipinski definition) is 1. The van der Waals surface area contributed by atoms with Gasteiger partial charge in [0, 0.05) is 47.3 Å². The largest absolute Gasteiger partial charge is 0.366 e. The van der Waals surface area contributed by atoms with E-state index >= 15 is 0 Å². The van der Waals surface area contributed by atoms with Crippen molar-refractivity contribution in [2.45, 2.75) is 18.9 Å². The molecule has 4 rings (SSSR count). The van der Waals surface area contributed by atoms with Gasteiger partial charge >= 0.3 is 0 Å². The lowest BCUT2D eigenvalue weighted by molar-refractivity contribution is -0.384. The van der Waals surface area contributed by atoms with Gasteiger partial charge < -0.3 is 10.2 Å². The molecule has 1 amide bonds. The number of nitro benzene ring substituents is 1. The van der Waals surface area contributed by atoms with Crippen LogP contribution in [0.15, 0.2) is 65.4 Å². The normalized spacial score (nSPS) is 14.3. The van der Waals surface area contributed by atoms with Crippen molar-refractivity contribution >= 4 is 34.4 Å². The van der Waals surface area contributed by atoms with E-state index in [1.165, 1.54) is 17.4 Å². The molecule has 31 heavy (non-hydrogen) atoms. The number of ketones is 1. The van der Waals surface area contributed by atoms with Gasteiger partial charge in [-0.1, -0.05) is 30.3 Å². The smallest absolute Gasteiger partial charge is 0.293 e. The Morgan fingerprint density at radius 3 is 2.39 bits per heavy atom. The molecule has 2 aromatic carbocycles. The molecule has 1 N–H and O–H groups in total. The van der Waals surface area contributed by atoms with E-state index in [-0.39, 0.29) is 23.4 Å². The molecule has 158 valence electrons. The van der Waals surface area contributed by atoms with Gasteiger partial charge in [0.05, 0.1) is 4.92 Å². The Morgan fingerprint density at radius 1 is 1.00 bits per heavy atom. The van der Waals surface area contributed by atoms with E-state index in [2.05, 4.69) is 5.32 Å². The van der Waals surface area contributed by atoms with Crippen molar-refractivity contribution < 1.29 is 14.5 Å². The van der Waals surface area contributed by atoms with Gasteiger partial charge in [0.25, 0.3) is 11.6 Å². The van der Waals surface area contributed by atoms with E-state index in [0.717, 1.165) is 0 Å². The van der Waals surface area contributed by atoms with Crippen LogP contribution in [0, 0.1) is 10.1 Å². The van der Waals surface area contributed by atoms with Gasteiger partial charge in [-0.15, -0.1) is 0 Å². The topological polar surface area (TPSA) is 92.6 Å². The van der Waals surface area contributed by atoms with Crippen LogP contribution in [0.3, 0.4) is 0 Å². The number of anilines is 1. The standard InChI is InChI=1S/C23H21N3O4S/c27-22(16-4-2-1-3-5-16)17-6-7-20(21(14-17)26(29)30)25-11-8-19(9-12-25)24-23(28)18-10-13-31-15-18/h1-7,10,13-15,19H,8-9,11-12H2,(H,24,28). The summed E-state index contributed by atoms with van der Waals surface area (Å²) in [6.45, 7) is 1.17. The van der Waals surface area contributed by atoms with Gasteiger partial charge in [-0.2, -0.15) is 11.3 Å². The summed E-state index contributed by atoms with van der Waals surface area (Å²) in [7, 11) is 0. The van der Waals surface area contributed by atoms with E-state index in [0.29, 0.717) is 48.3 Å². The highest BCUT2D eigenvalue weighted by atomic mass is 32.1. The highest BCUT2D eigenvalue weighted by molar-refractivity contribution is 7.08. The summed E-state index contributed by atoms with van der Waals surface area (Å²) in [5.74, 6) is -0.334. The molecular weight excluding hydrogens is 414 g/mol. The first kappa shape index (κ1) is 20.7. The summed E-state index contributed by atoms with van der Waals surface area (Å²) in [6, 6.07) is 15.2. The second-order valence-electron chi connectivity index (χ2n) is 7.40. The van der Waals surface area contributed by atoms with Crippen LogP contribution in [0.25, 0.3) is 0 Å². The Hall–Kier alpha value is -3.52. The molecule has 1 aliphatic heterocycles. The number of thiophene rings is 1. The van der Waals surface area contributed by atoms with Crippen LogP contribution in [-0.2, 0) is 0 Å². The fourth-order valence-corrected chi connectivity index (χ4v) is 4.40. The van der Waals surface area contributed by atoms with E-state index < -0.39 is 4.92 Å². The number of hydrogen-bond acceptors (Lipinski definition) is 6. The number of carbonyl (C=O) groups is 2. The third kappa shape index (κ3) is 4.64. The van der Waals surface area contributed by atoms with E-state index in [4.69, 9.17) is 0 Å². The van der Waals surface area contributed by atoms with Gasteiger partial charge in [0.2, 0.25) is 0 Å². The number of nitrogens with zero attached hydrogens (tertiary/aromatic N) is 2. The van der Waals surface area contributed by atoms with E-state index in [9.17, 15) is 19.7 Å². The van der Waals surface area contributed by atoms with Crippen LogP contribution in [0.4, 0.5) is 11.4 Å². The molecule has 0 radical (unpaired) electrons. The predicted molar refractivity (Wildman–Crippen MR) is 120 cm³/mol. The SMILES string of the molecule is O=C(NC1CCN(c2ccc(C(=O)c3ccccc3)cc2[N+](=O)[O-])CC1)c1ccsc1. The van der Waals surface area contributed by atoms with Gasteiger partial charge in [0.15, 0.2) is 5.78 Å². The summed E-state index contributed by atoms with van der Waals surface area (Å²) in [5, 5.41) is 18.4. The van der Waals surface area contributed by atoms with Crippen molar-refractivity contribution in [3.8, 4) is 0 Å². The Morgan fingerprint density at radius 2 is 1.74 bits per heavy atom. The molecule has 3 aromatic rings. The molecule has 1 fully saturated rings. The summed E-state index contributed by atoms with van der Waals surface area (Å²) in [4.78, 5) is 38.2. The lowest BCUT2D eigenvalue weighted by atomic mass is 10.0. The average Bonchev–Trinajstić information content (AvgIpc) is 3.34. The number of benzene rings is 2. The lowest BCUT2D eigenvalue weighted by Crippen LogP contribution is -2.44. The maximum absolute atomic E-state index is 12.7. The second kappa shape index (κ2) is 9.09. The van der Waals surface area contributed by atoms with Gasteiger partial charge in [-0.25, -0.2) is 0 Å². The molecule has 7 nitrogen and oxygen atoms in total. The Labute approximate surface area is 183 Å². The van der Waals surface area contributed by atoms with Crippen LogP contribution in [0.1, 0.15) is 39.1 Å². The number of nitro groups is 1. The Kier molecular flexibility index (Phi) is 6.08. The minimum absolute atomic E-state index is 0.0293. The van der Waals surface area contributed by atoms with Gasteiger partial charge in [-0.3, -0.25) is 19.7 Å². The molecular formula is C23H21N3O4S.